The van der Waals surface area contributed by atoms with E-state index in [2.05, 4.69) is 4.98 Å². The molecule has 5 heteroatoms. The number of aryl methyl sites for hydroxylation is 1. The molecule has 0 amide bonds. The van der Waals surface area contributed by atoms with Crippen LogP contribution < -0.4 is 4.74 Å². The average Bonchev–Trinajstić information content (AvgIpc) is 2.67. The molecule has 0 atom stereocenters. The normalized spacial score (nSPS) is 10.4. The third-order valence-electron chi connectivity index (χ3n) is 2.31. The highest BCUT2D eigenvalue weighted by molar-refractivity contribution is 7.73. The maximum atomic E-state index is 6.10. The second-order valence-electron chi connectivity index (χ2n) is 3.36. The SMILES string of the molecule is COc1cc(C)c(-c2csc(=S)[nH]2)cc1Cl. The lowest BCUT2D eigenvalue weighted by atomic mass is 10.1. The van der Waals surface area contributed by atoms with Gasteiger partial charge in [-0.15, -0.1) is 11.3 Å². The van der Waals surface area contributed by atoms with E-state index in [0.717, 1.165) is 20.8 Å². The number of aromatic amines is 1. The van der Waals surface area contributed by atoms with E-state index < -0.39 is 0 Å². The molecular formula is C11H10ClNOS2. The summed E-state index contributed by atoms with van der Waals surface area (Å²) < 4.78 is 5.93. The van der Waals surface area contributed by atoms with Crippen LogP contribution in [0, 0.1) is 10.9 Å². The second kappa shape index (κ2) is 4.57. The molecule has 1 aromatic carbocycles. The summed E-state index contributed by atoms with van der Waals surface area (Å²) in [5, 5.41) is 2.60. The third-order valence-corrected chi connectivity index (χ3v) is 3.67. The number of benzene rings is 1. The molecule has 2 aromatic rings. The van der Waals surface area contributed by atoms with Crippen LogP contribution in [0.3, 0.4) is 0 Å². The zero-order valence-electron chi connectivity index (χ0n) is 8.83. The maximum absolute atomic E-state index is 6.10. The summed E-state index contributed by atoms with van der Waals surface area (Å²) in [5.74, 6) is 0.691. The Morgan fingerprint density at radius 2 is 2.19 bits per heavy atom. The van der Waals surface area contributed by atoms with Crippen LogP contribution in [0.15, 0.2) is 17.5 Å². The van der Waals surface area contributed by atoms with E-state index in [1.807, 2.05) is 24.4 Å². The maximum Gasteiger partial charge on any atom is 0.158 e. The van der Waals surface area contributed by atoms with Crippen LogP contribution in [0.1, 0.15) is 5.56 Å². The highest BCUT2D eigenvalue weighted by Gasteiger charge is 2.09. The molecule has 0 radical (unpaired) electrons. The minimum atomic E-state index is 0.605. The Labute approximate surface area is 108 Å². The van der Waals surface area contributed by atoms with Gasteiger partial charge in [-0.3, -0.25) is 0 Å². The first-order chi connectivity index (χ1) is 7.61. The molecule has 1 N–H and O–H groups in total. The van der Waals surface area contributed by atoms with Gasteiger partial charge in [0.1, 0.15) is 5.75 Å². The predicted octanol–water partition coefficient (Wildman–Crippen LogP) is 4.44. The standard InChI is InChI=1S/C11H10ClNOS2/c1-6-3-10(14-2)8(12)4-7(6)9-5-16-11(15)13-9/h3-5H,1-2H3,(H,13,15). The molecule has 0 aliphatic carbocycles. The molecule has 16 heavy (non-hydrogen) atoms. The monoisotopic (exact) mass is 271 g/mol. The van der Waals surface area contributed by atoms with Crippen LogP contribution in [-0.4, -0.2) is 12.1 Å². The van der Waals surface area contributed by atoms with Gasteiger partial charge in [0, 0.05) is 10.9 Å². The lowest BCUT2D eigenvalue weighted by Crippen LogP contribution is -1.89. The summed E-state index contributed by atoms with van der Waals surface area (Å²) in [6, 6.07) is 3.81. The van der Waals surface area contributed by atoms with Gasteiger partial charge in [0.05, 0.1) is 17.8 Å². The summed E-state index contributed by atoms with van der Waals surface area (Å²) in [6.07, 6.45) is 0. The van der Waals surface area contributed by atoms with E-state index >= 15 is 0 Å². The van der Waals surface area contributed by atoms with Crippen molar-refractivity contribution in [1.29, 1.82) is 0 Å². The number of H-pyrrole nitrogens is 1. The molecule has 0 spiro atoms. The smallest absolute Gasteiger partial charge is 0.158 e. The van der Waals surface area contributed by atoms with Crippen LogP contribution >= 0.6 is 35.2 Å². The second-order valence-corrected chi connectivity index (χ2v) is 5.32. The van der Waals surface area contributed by atoms with Crippen molar-refractivity contribution in [3.63, 3.8) is 0 Å². The highest BCUT2D eigenvalue weighted by Crippen LogP contribution is 2.33. The van der Waals surface area contributed by atoms with Crippen molar-refractivity contribution < 1.29 is 4.74 Å². The quantitative estimate of drug-likeness (QED) is 0.817. The Balaban J connectivity index is 2.58. The minimum Gasteiger partial charge on any atom is -0.495 e. The zero-order chi connectivity index (χ0) is 11.7. The number of thiazole rings is 1. The van der Waals surface area contributed by atoms with E-state index in [0.29, 0.717) is 10.8 Å². The molecule has 0 unspecified atom stereocenters. The van der Waals surface area contributed by atoms with Crippen LogP contribution in [0.2, 0.25) is 5.02 Å². The summed E-state index contributed by atoms with van der Waals surface area (Å²) in [5.41, 5.74) is 3.15. The zero-order valence-corrected chi connectivity index (χ0v) is 11.2. The van der Waals surface area contributed by atoms with E-state index in [-0.39, 0.29) is 0 Å². The Kier molecular flexibility index (Phi) is 3.33. The van der Waals surface area contributed by atoms with Crippen LogP contribution in [0.4, 0.5) is 0 Å². The number of methoxy groups -OCH3 is 1. The number of nitrogens with one attached hydrogen (secondary N) is 1. The Hall–Kier alpha value is -0.840. The van der Waals surface area contributed by atoms with Gasteiger partial charge in [0.2, 0.25) is 0 Å². The van der Waals surface area contributed by atoms with Gasteiger partial charge in [-0.05, 0) is 36.8 Å². The van der Waals surface area contributed by atoms with Crippen LogP contribution in [0.25, 0.3) is 11.3 Å². The molecule has 2 rings (SSSR count). The van der Waals surface area contributed by atoms with Crippen LogP contribution in [-0.2, 0) is 0 Å². The molecule has 2 nitrogen and oxygen atoms in total. The van der Waals surface area contributed by atoms with E-state index in [4.69, 9.17) is 28.6 Å². The summed E-state index contributed by atoms with van der Waals surface area (Å²) >= 11 is 12.7. The molecular weight excluding hydrogens is 262 g/mol. The van der Waals surface area contributed by atoms with E-state index in [1.165, 1.54) is 11.3 Å². The fourth-order valence-electron chi connectivity index (χ4n) is 1.51. The number of hydrogen-bond acceptors (Lipinski definition) is 3. The van der Waals surface area contributed by atoms with E-state index in [9.17, 15) is 0 Å². The Morgan fingerprint density at radius 3 is 2.75 bits per heavy atom. The molecule has 0 aliphatic rings. The van der Waals surface area contributed by atoms with Crippen molar-refractivity contribution in [2.75, 3.05) is 7.11 Å². The van der Waals surface area contributed by atoms with Crippen molar-refractivity contribution in [2.24, 2.45) is 0 Å². The van der Waals surface area contributed by atoms with Gasteiger partial charge < -0.3 is 9.72 Å². The Morgan fingerprint density at radius 1 is 1.44 bits per heavy atom. The largest absolute Gasteiger partial charge is 0.495 e. The molecule has 1 heterocycles. The van der Waals surface area contributed by atoms with Crippen molar-refractivity contribution in [2.45, 2.75) is 6.92 Å². The van der Waals surface area contributed by atoms with Crippen molar-refractivity contribution in [1.82, 2.24) is 4.98 Å². The predicted molar refractivity (Wildman–Crippen MR) is 71.2 cm³/mol. The van der Waals surface area contributed by atoms with E-state index in [1.54, 1.807) is 7.11 Å². The number of ether oxygens (including phenoxy) is 1. The first-order valence-electron chi connectivity index (χ1n) is 4.64. The molecule has 0 saturated heterocycles. The minimum absolute atomic E-state index is 0.605. The molecule has 0 saturated carbocycles. The lowest BCUT2D eigenvalue weighted by molar-refractivity contribution is 0.415. The molecule has 0 bridgehead atoms. The van der Waals surface area contributed by atoms with Gasteiger partial charge >= 0.3 is 0 Å². The van der Waals surface area contributed by atoms with Crippen molar-refractivity contribution in [3.8, 4) is 17.0 Å². The summed E-state index contributed by atoms with van der Waals surface area (Å²) in [7, 11) is 1.61. The Bertz CT molecular complexity index is 574. The highest BCUT2D eigenvalue weighted by atomic mass is 35.5. The molecule has 0 aliphatic heterocycles. The van der Waals surface area contributed by atoms with Crippen molar-refractivity contribution in [3.05, 3.63) is 32.1 Å². The van der Waals surface area contributed by atoms with Gasteiger partial charge in [0.15, 0.2) is 3.95 Å². The van der Waals surface area contributed by atoms with Gasteiger partial charge in [-0.25, -0.2) is 0 Å². The van der Waals surface area contributed by atoms with Crippen molar-refractivity contribution >= 4 is 35.2 Å². The summed E-state index contributed by atoms with van der Waals surface area (Å²) in [6.45, 7) is 2.02. The number of halogens is 1. The summed E-state index contributed by atoms with van der Waals surface area (Å²) in [4.78, 5) is 3.13. The molecule has 84 valence electrons. The van der Waals surface area contributed by atoms with Gasteiger partial charge in [-0.2, -0.15) is 0 Å². The van der Waals surface area contributed by atoms with Gasteiger partial charge in [-0.1, -0.05) is 11.6 Å². The first-order valence-corrected chi connectivity index (χ1v) is 6.30. The third kappa shape index (κ3) is 2.14. The average molecular weight is 272 g/mol. The number of hydrogen-bond donors (Lipinski definition) is 1. The molecule has 1 aromatic heterocycles. The van der Waals surface area contributed by atoms with Crippen LogP contribution in [0.5, 0.6) is 5.75 Å². The van der Waals surface area contributed by atoms with Gasteiger partial charge in [0.25, 0.3) is 0 Å². The topological polar surface area (TPSA) is 25.0 Å². The lowest BCUT2D eigenvalue weighted by Gasteiger charge is -2.08. The first kappa shape index (κ1) is 11.6. The fraction of sp³-hybridized carbons (Fsp3) is 0.182. The number of aromatic nitrogens is 1. The fourth-order valence-corrected chi connectivity index (χ4v) is 2.59. The number of rotatable bonds is 2. The molecule has 0 fully saturated rings.